The third-order valence-electron chi connectivity index (χ3n) is 3.08. The van der Waals surface area contributed by atoms with Crippen LogP contribution < -0.4 is 0 Å². The first-order chi connectivity index (χ1) is 8.56. The molecule has 0 amide bonds. The molecule has 3 nitrogen and oxygen atoms in total. The number of aromatic nitrogens is 2. The highest BCUT2D eigenvalue weighted by atomic mass is 16.3. The van der Waals surface area contributed by atoms with Crippen LogP contribution >= 0.6 is 0 Å². The number of benzene rings is 1. The van der Waals surface area contributed by atoms with E-state index >= 15 is 0 Å². The Hall–Kier alpha value is -1.61. The molecule has 2 rings (SSSR count). The summed E-state index contributed by atoms with van der Waals surface area (Å²) in [6.45, 7) is 6.21. The van der Waals surface area contributed by atoms with Crippen molar-refractivity contribution in [2.45, 2.75) is 39.3 Å². The van der Waals surface area contributed by atoms with E-state index in [0.717, 1.165) is 11.1 Å². The molecule has 0 radical (unpaired) electrons. The van der Waals surface area contributed by atoms with E-state index in [4.69, 9.17) is 0 Å². The first-order valence-electron chi connectivity index (χ1n) is 6.34. The molecule has 0 bridgehead atoms. The largest absolute Gasteiger partial charge is 0.388 e. The molecule has 18 heavy (non-hydrogen) atoms. The average Bonchev–Trinajstić information content (AvgIpc) is 2.81. The smallest absolute Gasteiger partial charge is 0.0860 e. The van der Waals surface area contributed by atoms with Gasteiger partial charge in [-0.25, -0.2) is 0 Å². The molecule has 1 N–H and O–H groups in total. The first-order valence-corrected chi connectivity index (χ1v) is 6.34. The first kappa shape index (κ1) is 12.8. The highest BCUT2D eigenvalue weighted by molar-refractivity contribution is 5.23. The van der Waals surface area contributed by atoms with Crippen molar-refractivity contribution in [1.82, 2.24) is 9.78 Å². The maximum Gasteiger partial charge on any atom is 0.0860 e. The van der Waals surface area contributed by atoms with E-state index in [1.54, 1.807) is 6.20 Å². The molecule has 0 saturated carbocycles. The van der Waals surface area contributed by atoms with Crippen LogP contribution in [0.15, 0.2) is 36.7 Å². The minimum absolute atomic E-state index is 0.324. The molecular weight excluding hydrogens is 224 g/mol. The summed E-state index contributed by atoms with van der Waals surface area (Å²) >= 11 is 0. The van der Waals surface area contributed by atoms with Crippen molar-refractivity contribution in [2.24, 2.45) is 0 Å². The van der Waals surface area contributed by atoms with Gasteiger partial charge in [-0.15, -0.1) is 0 Å². The lowest BCUT2D eigenvalue weighted by Crippen LogP contribution is -2.02. The standard InChI is InChI=1S/C15H20N2O/c1-11(2)17-10-14(9-16-17)15(18)8-13-6-4-12(3)5-7-13/h4-7,9-11,15,18H,8H2,1-3H3. The summed E-state index contributed by atoms with van der Waals surface area (Å²) in [7, 11) is 0. The van der Waals surface area contributed by atoms with E-state index in [-0.39, 0.29) is 0 Å². The van der Waals surface area contributed by atoms with Crippen molar-refractivity contribution < 1.29 is 5.11 Å². The van der Waals surface area contributed by atoms with Gasteiger partial charge < -0.3 is 5.11 Å². The Morgan fingerprint density at radius 3 is 2.44 bits per heavy atom. The lowest BCUT2D eigenvalue weighted by Gasteiger charge is -2.09. The number of rotatable bonds is 4. The number of nitrogens with zero attached hydrogens (tertiary/aromatic N) is 2. The van der Waals surface area contributed by atoms with Gasteiger partial charge in [0.25, 0.3) is 0 Å². The lowest BCUT2D eigenvalue weighted by atomic mass is 10.0. The Labute approximate surface area is 108 Å². The molecule has 2 aromatic rings. The van der Waals surface area contributed by atoms with Crippen LogP contribution in [0.2, 0.25) is 0 Å². The Kier molecular flexibility index (Phi) is 3.82. The van der Waals surface area contributed by atoms with Gasteiger partial charge in [0.15, 0.2) is 0 Å². The van der Waals surface area contributed by atoms with Gasteiger partial charge in [0, 0.05) is 24.2 Å². The van der Waals surface area contributed by atoms with Gasteiger partial charge in [0.05, 0.1) is 12.3 Å². The maximum absolute atomic E-state index is 10.2. The SMILES string of the molecule is Cc1ccc(CC(O)c2cnn(C(C)C)c2)cc1. The highest BCUT2D eigenvalue weighted by Crippen LogP contribution is 2.19. The fourth-order valence-corrected chi connectivity index (χ4v) is 1.87. The van der Waals surface area contributed by atoms with E-state index in [1.807, 2.05) is 10.9 Å². The van der Waals surface area contributed by atoms with Crippen molar-refractivity contribution in [1.29, 1.82) is 0 Å². The van der Waals surface area contributed by atoms with Gasteiger partial charge in [-0.1, -0.05) is 29.8 Å². The fraction of sp³-hybridized carbons (Fsp3) is 0.400. The summed E-state index contributed by atoms with van der Waals surface area (Å²) < 4.78 is 1.87. The number of hydrogen-bond donors (Lipinski definition) is 1. The maximum atomic E-state index is 10.2. The number of hydrogen-bond acceptors (Lipinski definition) is 2. The Morgan fingerprint density at radius 2 is 1.89 bits per heavy atom. The summed E-state index contributed by atoms with van der Waals surface area (Å²) in [5.74, 6) is 0. The van der Waals surface area contributed by atoms with Crippen LogP contribution in [-0.4, -0.2) is 14.9 Å². The summed E-state index contributed by atoms with van der Waals surface area (Å²) in [4.78, 5) is 0. The minimum atomic E-state index is -0.486. The topological polar surface area (TPSA) is 38.1 Å². The fourth-order valence-electron chi connectivity index (χ4n) is 1.87. The van der Waals surface area contributed by atoms with Gasteiger partial charge in [-0.05, 0) is 26.3 Å². The zero-order chi connectivity index (χ0) is 13.1. The monoisotopic (exact) mass is 244 g/mol. The molecule has 0 saturated heterocycles. The summed E-state index contributed by atoms with van der Waals surface area (Å²) in [5.41, 5.74) is 3.26. The van der Waals surface area contributed by atoms with Crippen LogP contribution in [0.4, 0.5) is 0 Å². The summed E-state index contributed by atoms with van der Waals surface area (Å²) in [6, 6.07) is 8.58. The van der Waals surface area contributed by atoms with Crippen LogP contribution in [0.1, 0.15) is 42.7 Å². The predicted octanol–water partition coefficient (Wildman–Crippen LogP) is 3.05. The Bertz CT molecular complexity index is 499. The van der Waals surface area contributed by atoms with Crippen molar-refractivity contribution in [3.05, 3.63) is 53.3 Å². The number of aliphatic hydroxyl groups is 1. The van der Waals surface area contributed by atoms with Crippen molar-refractivity contribution in [3.8, 4) is 0 Å². The number of aliphatic hydroxyl groups excluding tert-OH is 1. The van der Waals surface area contributed by atoms with Crippen LogP contribution in [0.3, 0.4) is 0 Å². The van der Waals surface area contributed by atoms with Crippen LogP contribution in [-0.2, 0) is 6.42 Å². The molecule has 0 spiro atoms. The minimum Gasteiger partial charge on any atom is -0.388 e. The molecule has 0 aliphatic rings. The Balaban J connectivity index is 2.06. The van der Waals surface area contributed by atoms with E-state index < -0.39 is 6.10 Å². The van der Waals surface area contributed by atoms with Crippen molar-refractivity contribution in [2.75, 3.05) is 0 Å². The molecular formula is C15H20N2O. The van der Waals surface area contributed by atoms with Crippen LogP contribution in [0.25, 0.3) is 0 Å². The molecule has 1 heterocycles. The van der Waals surface area contributed by atoms with Crippen molar-refractivity contribution in [3.63, 3.8) is 0 Å². The second-order valence-electron chi connectivity index (χ2n) is 5.05. The van der Waals surface area contributed by atoms with E-state index in [1.165, 1.54) is 5.56 Å². The summed E-state index contributed by atoms with van der Waals surface area (Å²) in [5, 5.41) is 14.4. The average molecular weight is 244 g/mol. The molecule has 3 heteroatoms. The second-order valence-corrected chi connectivity index (χ2v) is 5.05. The van der Waals surface area contributed by atoms with Gasteiger partial charge in [0.1, 0.15) is 0 Å². The zero-order valence-corrected chi connectivity index (χ0v) is 11.2. The van der Waals surface area contributed by atoms with Gasteiger partial charge in [-0.2, -0.15) is 5.10 Å². The zero-order valence-electron chi connectivity index (χ0n) is 11.2. The predicted molar refractivity (Wildman–Crippen MR) is 72.5 cm³/mol. The van der Waals surface area contributed by atoms with E-state index in [0.29, 0.717) is 12.5 Å². The summed E-state index contributed by atoms with van der Waals surface area (Å²) in [6.07, 6.45) is 3.81. The van der Waals surface area contributed by atoms with Crippen LogP contribution in [0.5, 0.6) is 0 Å². The molecule has 96 valence electrons. The van der Waals surface area contributed by atoms with Crippen LogP contribution in [0, 0.1) is 6.92 Å². The second kappa shape index (κ2) is 5.36. The highest BCUT2D eigenvalue weighted by Gasteiger charge is 2.11. The Morgan fingerprint density at radius 1 is 1.22 bits per heavy atom. The van der Waals surface area contributed by atoms with E-state index in [2.05, 4.69) is 50.1 Å². The molecule has 0 aliphatic heterocycles. The molecule has 1 atom stereocenters. The van der Waals surface area contributed by atoms with Crippen molar-refractivity contribution >= 4 is 0 Å². The molecule has 1 aromatic heterocycles. The van der Waals surface area contributed by atoms with Gasteiger partial charge in [0.2, 0.25) is 0 Å². The third kappa shape index (κ3) is 2.99. The molecule has 0 fully saturated rings. The molecule has 1 aromatic carbocycles. The third-order valence-corrected chi connectivity index (χ3v) is 3.08. The lowest BCUT2D eigenvalue weighted by molar-refractivity contribution is 0.178. The molecule has 0 aliphatic carbocycles. The van der Waals surface area contributed by atoms with E-state index in [9.17, 15) is 5.11 Å². The van der Waals surface area contributed by atoms with Gasteiger partial charge >= 0.3 is 0 Å². The normalized spacial score (nSPS) is 12.9. The number of aryl methyl sites for hydroxylation is 1. The quantitative estimate of drug-likeness (QED) is 0.897. The molecule has 1 unspecified atom stereocenters. The van der Waals surface area contributed by atoms with Gasteiger partial charge in [-0.3, -0.25) is 4.68 Å².